The van der Waals surface area contributed by atoms with Crippen molar-refractivity contribution in [3.8, 4) is 50.6 Å². The molecule has 0 amide bonds. The van der Waals surface area contributed by atoms with Crippen molar-refractivity contribution in [1.29, 1.82) is 0 Å². The fourth-order valence-electron chi connectivity index (χ4n) is 14.7. The molecule has 2 atom stereocenters. The van der Waals surface area contributed by atoms with Crippen molar-refractivity contribution in [3.05, 3.63) is 417 Å². The number of rotatable bonds is 18. The molecule has 13 aromatic carbocycles. The van der Waals surface area contributed by atoms with Gasteiger partial charge in [-0.05, 0) is 201 Å². The molecule has 0 bridgehead atoms. The van der Waals surface area contributed by atoms with E-state index >= 15 is 52.7 Å². The summed E-state index contributed by atoms with van der Waals surface area (Å²) >= 11 is 0. The zero-order chi connectivity index (χ0) is 74.0. The molecule has 16 heteroatoms. The average Bonchev–Trinajstić information content (AvgIpc) is 1.51. The predicted octanol–water partition coefficient (Wildman–Crippen LogP) is 25.5. The fraction of sp³-hybridized carbons (Fsp3) is 0.0444. The van der Waals surface area contributed by atoms with E-state index in [4.69, 9.17) is 9.47 Å². The van der Waals surface area contributed by atoms with Crippen LogP contribution in [0.25, 0.3) is 39.5 Å². The largest absolute Gasteiger partial charge is 0.462 e. The maximum Gasteiger partial charge on any atom is 0.200 e. The number of para-hydroxylation sites is 2. The maximum absolute atomic E-state index is 17.1. The van der Waals surface area contributed by atoms with Crippen LogP contribution in [0.2, 0.25) is 0 Å². The summed E-state index contributed by atoms with van der Waals surface area (Å²) < 4.78 is 208. The Morgan fingerprint density at radius 3 is 1.08 bits per heavy atom. The van der Waals surface area contributed by atoms with Gasteiger partial charge in [-0.1, -0.05) is 183 Å². The molecule has 0 aromatic heterocycles. The number of benzene rings is 13. The Bertz CT molecular complexity index is 5700. The van der Waals surface area contributed by atoms with Gasteiger partial charge in [0.15, 0.2) is 46.5 Å². The molecule has 2 unspecified atom stereocenters. The van der Waals surface area contributed by atoms with Crippen molar-refractivity contribution in [1.82, 2.24) is 0 Å². The van der Waals surface area contributed by atoms with E-state index in [0.717, 1.165) is 11.1 Å². The Morgan fingerprint density at radius 1 is 0.340 bits per heavy atom. The number of fused-ring (bicyclic) bond motifs is 6. The monoisotopic (exact) mass is 1420 g/mol. The van der Waals surface area contributed by atoms with Crippen molar-refractivity contribution in [2.24, 2.45) is 0 Å². The lowest BCUT2D eigenvalue weighted by Crippen LogP contribution is -2.33. The molecule has 0 aliphatic heterocycles. The lowest BCUT2D eigenvalue weighted by molar-refractivity contribution is 0.363. The second kappa shape index (κ2) is 27.4. The van der Waals surface area contributed by atoms with E-state index in [9.17, 15) is 0 Å². The Kier molecular flexibility index (Phi) is 17.8. The molecule has 0 spiro atoms. The first kappa shape index (κ1) is 68.9. The highest BCUT2D eigenvalue weighted by atomic mass is 19.2. The zero-order valence-corrected chi connectivity index (χ0v) is 56.2. The van der Waals surface area contributed by atoms with Gasteiger partial charge in [0.2, 0.25) is 11.6 Å². The zero-order valence-electron chi connectivity index (χ0n) is 56.2. The first-order valence-corrected chi connectivity index (χ1v) is 33.4. The van der Waals surface area contributed by atoms with Gasteiger partial charge in [0.05, 0.1) is 22.2 Å². The van der Waals surface area contributed by atoms with E-state index in [1.165, 1.54) is 84.9 Å². The number of nitrogens with zero attached hydrogens (tertiary/aromatic N) is 2. The second-order valence-corrected chi connectivity index (χ2v) is 25.5. The Labute approximate surface area is 601 Å². The van der Waals surface area contributed by atoms with E-state index < -0.39 is 91.8 Å². The summed E-state index contributed by atoms with van der Waals surface area (Å²) in [6, 6.07) is 67.4. The van der Waals surface area contributed by atoms with Crippen LogP contribution < -0.4 is 19.3 Å². The molecule has 0 heterocycles. The quantitative estimate of drug-likeness (QED) is 0.0281. The highest BCUT2D eigenvalue weighted by Gasteiger charge is 2.53. The SMILES string of the molecule is C=C/C(C)=C\C=C(/C)Oc1ccc(C2(c3c(F)c(F)c(F)c(F)c3F)c3ccccc3-c3ccc(N(c4ccc(-c5ccc(N(c6ccc7c(c6)C(c6ccc(Oc8ccc(C=C)cc8)cc6)(c6c(F)c(F)c(F)c(F)c6F)c6ccccc6-7)c6ccccc6F)cc5)cc4)c4ccccc4F)cc32)cc1. The molecule has 0 radical (unpaired) electrons. The smallest absolute Gasteiger partial charge is 0.200 e. The summed E-state index contributed by atoms with van der Waals surface area (Å²) in [6.45, 7) is 11.1. The van der Waals surface area contributed by atoms with Gasteiger partial charge in [-0.15, -0.1) is 0 Å². The van der Waals surface area contributed by atoms with Crippen LogP contribution in [-0.2, 0) is 10.8 Å². The number of hydrogen-bond acceptors (Lipinski definition) is 4. The van der Waals surface area contributed by atoms with Gasteiger partial charge in [0.1, 0.15) is 34.6 Å². The first-order valence-electron chi connectivity index (χ1n) is 33.4. The van der Waals surface area contributed by atoms with Crippen LogP contribution in [0.1, 0.15) is 63.9 Å². The second-order valence-electron chi connectivity index (χ2n) is 25.5. The molecule has 0 N–H and O–H groups in total. The minimum absolute atomic E-state index is 0.0158. The van der Waals surface area contributed by atoms with Crippen LogP contribution in [0, 0.1) is 69.8 Å². The van der Waals surface area contributed by atoms with Gasteiger partial charge >= 0.3 is 0 Å². The molecule has 13 aromatic rings. The lowest BCUT2D eigenvalue weighted by Gasteiger charge is -2.35. The minimum Gasteiger partial charge on any atom is -0.462 e. The fourth-order valence-corrected chi connectivity index (χ4v) is 14.7. The molecule has 106 heavy (non-hydrogen) atoms. The highest BCUT2D eigenvalue weighted by molar-refractivity contribution is 5.92. The Morgan fingerprint density at radius 2 is 0.689 bits per heavy atom. The minimum atomic E-state index is -2.34. The van der Waals surface area contributed by atoms with Crippen LogP contribution in [-0.4, -0.2) is 0 Å². The lowest BCUT2D eigenvalue weighted by atomic mass is 9.67. The van der Waals surface area contributed by atoms with Crippen LogP contribution in [0.15, 0.2) is 298 Å². The Hall–Kier alpha value is -12.8. The topological polar surface area (TPSA) is 24.9 Å². The normalized spacial score (nSPS) is 15.0. The summed E-state index contributed by atoms with van der Waals surface area (Å²) in [5.74, 6) is -21.5. The molecule has 4 nitrogen and oxygen atoms in total. The molecule has 2 aliphatic rings. The standard InChI is InChI=1S/C90H56F12N2O2/c1-5-51(3)23-24-52(4)105-62-43-31-56(32-44-62)89(77-79(93)83(97)87(101)84(98)80(77)94)69-17-9-7-15-65(69)67-47-39-60(49-71(67)89)103(75-21-13-11-19-73(75)91)58-35-27-54(28-36-58)55-29-37-59(38-30-55)104(76-22-14-12-20-74(76)92)61-40-48-68-66-16-8-10-18-70(66)90(72(68)50-61,78-81(95)85(99)88(102)86(100)82(78)96)57-33-45-64(46-34-57)106-63-41-25-53(6-2)26-42-63/h5-50H,1-2H2,3-4H3/b51-23-,52-24+. The molecular weight excluding hydrogens is 1370 g/mol. The maximum atomic E-state index is 17.1. The number of halogens is 12. The van der Waals surface area contributed by atoms with Gasteiger partial charge in [0, 0.05) is 33.9 Å². The molecule has 2 aliphatic carbocycles. The Balaban J connectivity index is 0.834. The van der Waals surface area contributed by atoms with Gasteiger partial charge in [-0.3, -0.25) is 0 Å². The predicted molar refractivity (Wildman–Crippen MR) is 390 cm³/mol. The van der Waals surface area contributed by atoms with Crippen molar-refractivity contribution in [2.75, 3.05) is 9.80 Å². The molecular formula is C90H56F12N2O2. The molecule has 15 rings (SSSR count). The van der Waals surface area contributed by atoms with E-state index in [2.05, 4.69) is 13.2 Å². The third-order valence-electron chi connectivity index (χ3n) is 19.6. The number of hydrogen-bond donors (Lipinski definition) is 0. The third-order valence-corrected chi connectivity index (χ3v) is 19.6. The number of anilines is 6. The van der Waals surface area contributed by atoms with Crippen LogP contribution >= 0.6 is 0 Å². The summed E-state index contributed by atoms with van der Waals surface area (Å²) in [7, 11) is 0. The van der Waals surface area contributed by atoms with Gasteiger partial charge < -0.3 is 19.3 Å². The van der Waals surface area contributed by atoms with Crippen LogP contribution in [0.5, 0.6) is 17.2 Å². The summed E-state index contributed by atoms with van der Waals surface area (Å²) in [6.07, 6.45) is 6.82. The first-order chi connectivity index (χ1) is 51.3. The van der Waals surface area contributed by atoms with Crippen molar-refractivity contribution >= 4 is 40.2 Å². The van der Waals surface area contributed by atoms with Crippen LogP contribution in [0.3, 0.4) is 0 Å². The van der Waals surface area contributed by atoms with Crippen molar-refractivity contribution in [2.45, 2.75) is 24.7 Å². The van der Waals surface area contributed by atoms with E-state index in [0.29, 0.717) is 56.3 Å². The summed E-state index contributed by atoms with van der Waals surface area (Å²) in [5, 5.41) is 0. The van der Waals surface area contributed by atoms with E-state index in [1.807, 2.05) is 6.92 Å². The molecule has 0 saturated carbocycles. The molecule has 0 fully saturated rings. The van der Waals surface area contributed by atoms with E-state index in [-0.39, 0.29) is 67.6 Å². The van der Waals surface area contributed by atoms with Gasteiger partial charge in [-0.2, -0.15) is 0 Å². The number of allylic oxidation sites excluding steroid dienone is 5. The van der Waals surface area contributed by atoms with Crippen molar-refractivity contribution < 1.29 is 62.2 Å². The van der Waals surface area contributed by atoms with Gasteiger partial charge in [-0.25, -0.2) is 52.7 Å². The third kappa shape index (κ3) is 11.3. The van der Waals surface area contributed by atoms with Crippen LogP contribution in [0.4, 0.5) is 86.8 Å². The average molecular weight is 1430 g/mol. The van der Waals surface area contributed by atoms with Gasteiger partial charge in [0.25, 0.3) is 0 Å². The highest BCUT2D eigenvalue weighted by Crippen LogP contribution is 2.61. The van der Waals surface area contributed by atoms with Crippen molar-refractivity contribution in [3.63, 3.8) is 0 Å². The number of ether oxygens (including phenoxy) is 2. The van der Waals surface area contributed by atoms with E-state index in [1.54, 1.807) is 211 Å². The molecule has 0 saturated heterocycles. The summed E-state index contributed by atoms with van der Waals surface area (Å²) in [4.78, 5) is 3.11. The molecule has 522 valence electrons. The summed E-state index contributed by atoms with van der Waals surface area (Å²) in [5.41, 5.74) is -0.362.